The molecule has 2 aromatic rings. The van der Waals surface area contributed by atoms with Gasteiger partial charge in [-0.2, -0.15) is 0 Å². The Morgan fingerprint density at radius 1 is 1.14 bits per heavy atom. The minimum atomic E-state index is 0.592. The molecule has 21 heavy (non-hydrogen) atoms. The molecule has 1 saturated carbocycles. The van der Waals surface area contributed by atoms with Gasteiger partial charge in [-0.3, -0.25) is 0 Å². The maximum absolute atomic E-state index is 4.94. The fourth-order valence-corrected chi connectivity index (χ4v) is 4.00. The van der Waals surface area contributed by atoms with Crippen LogP contribution in [-0.4, -0.2) is 17.0 Å². The average molecular weight is 393 g/mol. The van der Waals surface area contributed by atoms with E-state index in [1.54, 1.807) is 0 Å². The standard InChI is InChI=1S/C17H20IN3/c1-11-7-3-6-10-13(11)16-20-15(12-8-4-5-9-12)14(18)17(19-2)21-16/h3,6-7,10,12H,4-5,8-9H2,1-2H3,(H,19,20,21). The van der Waals surface area contributed by atoms with Gasteiger partial charge in [0.15, 0.2) is 5.82 Å². The Balaban J connectivity index is 2.13. The third-order valence-electron chi connectivity index (χ3n) is 4.24. The molecule has 3 rings (SSSR count). The molecule has 0 bridgehead atoms. The maximum atomic E-state index is 4.94. The summed E-state index contributed by atoms with van der Waals surface area (Å²) in [7, 11) is 1.94. The minimum absolute atomic E-state index is 0.592. The Labute approximate surface area is 139 Å². The van der Waals surface area contributed by atoms with Crippen molar-refractivity contribution in [2.45, 2.75) is 38.5 Å². The smallest absolute Gasteiger partial charge is 0.162 e. The summed E-state index contributed by atoms with van der Waals surface area (Å²) >= 11 is 2.39. The van der Waals surface area contributed by atoms with Crippen LogP contribution in [0.5, 0.6) is 0 Å². The van der Waals surface area contributed by atoms with Crippen molar-refractivity contribution in [1.82, 2.24) is 9.97 Å². The van der Waals surface area contributed by atoms with Crippen LogP contribution >= 0.6 is 22.6 Å². The predicted octanol–water partition coefficient (Wildman–Crippen LogP) is 4.76. The second-order valence-electron chi connectivity index (χ2n) is 5.64. The van der Waals surface area contributed by atoms with Crippen molar-refractivity contribution in [3.05, 3.63) is 39.1 Å². The fourth-order valence-electron chi connectivity index (χ4n) is 3.04. The number of halogens is 1. The van der Waals surface area contributed by atoms with Crippen LogP contribution in [0.1, 0.15) is 42.9 Å². The summed E-state index contributed by atoms with van der Waals surface area (Å²) in [6.45, 7) is 2.12. The molecule has 0 saturated heterocycles. The van der Waals surface area contributed by atoms with Crippen LogP contribution in [0, 0.1) is 10.5 Å². The van der Waals surface area contributed by atoms with Gasteiger partial charge in [0.2, 0.25) is 0 Å². The molecule has 1 N–H and O–H groups in total. The van der Waals surface area contributed by atoms with Crippen molar-refractivity contribution in [3.8, 4) is 11.4 Å². The van der Waals surface area contributed by atoms with Gasteiger partial charge in [-0.25, -0.2) is 9.97 Å². The first-order chi connectivity index (χ1) is 10.2. The van der Waals surface area contributed by atoms with Crippen LogP contribution in [0.4, 0.5) is 5.82 Å². The van der Waals surface area contributed by atoms with Gasteiger partial charge >= 0.3 is 0 Å². The molecule has 1 heterocycles. The molecule has 1 aromatic carbocycles. The van der Waals surface area contributed by atoms with Crippen LogP contribution in [-0.2, 0) is 0 Å². The molecule has 0 unspecified atom stereocenters. The molecule has 4 heteroatoms. The first-order valence-corrected chi connectivity index (χ1v) is 8.59. The van der Waals surface area contributed by atoms with E-state index in [0.29, 0.717) is 5.92 Å². The number of aryl methyl sites for hydroxylation is 1. The topological polar surface area (TPSA) is 37.8 Å². The molecule has 3 nitrogen and oxygen atoms in total. The van der Waals surface area contributed by atoms with Gasteiger partial charge in [-0.05, 0) is 47.9 Å². The molecule has 1 fully saturated rings. The number of anilines is 1. The highest BCUT2D eigenvalue weighted by molar-refractivity contribution is 14.1. The zero-order valence-electron chi connectivity index (χ0n) is 12.5. The van der Waals surface area contributed by atoms with Crippen molar-refractivity contribution in [1.29, 1.82) is 0 Å². The quantitative estimate of drug-likeness (QED) is 0.765. The monoisotopic (exact) mass is 393 g/mol. The van der Waals surface area contributed by atoms with Gasteiger partial charge in [-0.15, -0.1) is 0 Å². The van der Waals surface area contributed by atoms with Gasteiger partial charge < -0.3 is 5.32 Å². The number of rotatable bonds is 3. The van der Waals surface area contributed by atoms with E-state index in [0.717, 1.165) is 17.2 Å². The second-order valence-corrected chi connectivity index (χ2v) is 6.72. The van der Waals surface area contributed by atoms with Gasteiger partial charge in [0.1, 0.15) is 5.82 Å². The van der Waals surface area contributed by atoms with Crippen molar-refractivity contribution >= 4 is 28.4 Å². The van der Waals surface area contributed by atoms with Crippen LogP contribution in [0.25, 0.3) is 11.4 Å². The minimum Gasteiger partial charge on any atom is -0.372 e. The highest BCUT2D eigenvalue weighted by Crippen LogP contribution is 2.38. The SMILES string of the molecule is CNc1nc(-c2ccccc2C)nc(C2CCCC2)c1I. The Kier molecular flexibility index (Phi) is 4.42. The van der Waals surface area contributed by atoms with E-state index < -0.39 is 0 Å². The van der Waals surface area contributed by atoms with Gasteiger partial charge in [0.05, 0.1) is 9.26 Å². The number of hydrogen-bond donors (Lipinski definition) is 1. The van der Waals surface area contributed by atoms with Crippen LogP contribution in [0.15, 0.2) is 24.3 Å². The first kappa shape index (κ1) is 14.8. The van der Waals surface area contributed by atoms with Crippen LogP contribution < -0.4 is 5.32 Å². The lowest BCUT2D eigenvalue weighted by Gasteiger charge is -2.16. The summed E-state index contributed by atoms with van der Waals surface area (Å²) in [6, 6.07) is 8.33. The molecule has 0 amide bonds. The Bertz CT molecular complexity index is 648. The Morgan fingerprint density at radius 3 is 2.52 bits per heavy atom. The molecule has 0 aliphatic heterocycles. The maximum Gasteiger partial charge on any atom is 0.162 e. The lowest BCUT2D eigenvalue weighted by Crippen LogP contribution is -2.08. The van der Waals surface area contributed by atoms with E-state index in [-0.39, 0.29) is 0 Å². The Hall–Kier alpha value is -1.17. The number of nitrogens with one attached hydrogen (secondary N) is 1. The molecule has 1 aliphatic carbocycles. The summed E-state index contributed by atoms with van der Waals surface area (Å²) in [5.74, 6) is 2.39. The van der Waals surface area contributed by atoms with E-state index in [1.807, 2.05) is 7.05 Å². The number of hydrogen-bond acceptors (Lipinski definition) is 3. The van der Waals surface area contributed by atoms with E-state index in [4.69, 9.17) is 9.97 Å². The van der Waals surface area contributed by atoms with E-state index in [1.165, 1.54) is 40.5 Å². The summed E-state index contributed by atoms with van der Waals surface area (Å²) in [5.41, 5.74) is 3.58. The normalized spacial score (nSPS) is 15.4. The van der Waals surface area contributed by atoms with Crippen LogP contribution in [0.3, 0.4) is 0 Å². The average Bonchev–Trinajstić information content (AvgIpc) is 3.02. The van der Waals surface area contributed by atoms with Gasteiger partial charge in [-0.1, -0.05) is 37.1 Å². The predicted molar refractivity (Wildman–Crippen MR) is 95.7 cm³/mol. The highest BCUT2D eigenvalue weighted by atomic mass is 127. The molecule has 1 aliphatic rings. The fraction of sp³-hybridized carbons (Fsp3) is 0.412. The summed E-state index contributed by atoms with van der Waals surface area (Å²) in [6.07, 6.45) is 5.14. The first-order valence-electron chi connectivity index (χ1n) is 7.52. The van der Waals surface area contributed by atoms with E-state index >= 15 is 0 Å². The lowest BCUT2D eigenvalue weighted by atomic mass is 10.0. The van der Waals surface area contributed by atoms with E-state index in [9.17, 15) is 0 Å². The molecular formula is C17H20IN3. The largest absolute Gasteiger partial charge is 0.372 e. The van der Waals surface area contributed by atoms with Crippen LogP contribution in [0.2, 0.25) is 0 Å². The third-order valence-corrected chi connectivity index (χ3v) is 5.31. The number of nitrogens with zero attached hydrogens (tertiary/aromatic N) is 2. The summed E-state index contributed by atoms with van der Waals surface area (Å²) < 4.78 is 1.18. The molecule has 1 aromatic heterocycles. The van der Waals surface area contributed by atoms with Crippen molar-refractivity contribution in [2.75, 3.05) is 12.4 Å². The molecule has 110 valence electrons. The van der Waals surface area contributed by atoms with E-state index in [2.05, 4.69) is 59.1 Å². The highest BCUT2D eigenvalue weighted by Gasteiger charge is 2.24. The summed E-state index contributed by atoms with van der Waals surface area (Å²) in [4.78, 5) is 9.66. The Morgan fingerprint density at radius 2 is 1.86 bits per heavy atom. The molecule has 0 radical (unpaired) electrons. The summed E-state index contributed by atoms with van der Waals surface area (Å²) in [5, 5.41) is 3.23. The molecule has 0 atom stereocenters. The second kappa shape index (κ2) is 6.30. The number of benzene rings is 1. The number of aromatic nitrogens is 2. The van der Waals surface area contributed by atoms with Gasteiger partial charge in [0.25, 0.3) is 0 Å². The van der Waals surface area contributed by atoms with Crippen molar-refractivity contribution in [3.63, 3.8) is 0 Å². The zero-order valence-corrected chi connectivity index (χ0v) is 14.6. The van der Waals surface area contributed by atoms with Crippen molar-refractivity contribution in [2.24, 2.45) is 0 Å². The third kappa shape index (κ3) is 2.91. The molecule has 0 spiro atoms. The van der Waals surface area contributed by atoms with Crippen molar-refractivity contribution < 1.29 is 0 Å². The molecular weight excluding hydrogens is 373 g/mol. The zero-order chi connectivity index (χ0) is 14.8. The lowest BCUT2D eigenvalue weighted by molar-refractivity contribution is 0.691. The van der Waals surface area contributed by atoms with Gasteiger partial charge in [0, 0.05) is 18.5 Å².